The second kappa shape index (κ2) is 6.48. The highest BCUT2D eigenvalue weighted by Gasteiger charge is 2.26. The van der Waals surface area contributed by atoms with Crippen molar-refractivity contribution in [2.45, 2.75) is 26.7 Å². The number of aliphatic hydroxyl groups is 1. The zero-order chi connectivity index (χ0) is 14.5. The highest BCUT2D eigenvalue weighted by atomic mass is 16.5. The van der Waals surface area contributed by atoms with E-state index >= 15 is 0 Å². The number of carbonyl (C=O) groups excluding carboxylic acids is 2. The van der Waals surface area contributed by atoms with Crippen molar-refractivity contribution in [2.75, 3.05) is 13.2 Å². The first kappa shape index (κ1) is 15.4. The Morgan fingerprint density at radius 2 is 1.79 bits per heavy atom. The average molecular weight is 264 g/mol. The lowest BCUT2D eigenvalue weighted by Gasteiger charge is -2.18. The normalized spacial score (nSPS) is 12.8. The van der Waals surface area contributed by atoms with E-state index in [2.05, 4.69) is 0 Å². The number of carbonyl (C=O) groups is 2. The van der Waals surface area contributed by atoms with E-state index < -0.39 is 17.3 Å². The summed E-state index contributed by atoms with van der Waals surface area (Å²) in [7, 11) is 0. The maximum atomic E-state index is 12.0. The summed E-state index contributed by atoms with van der Waals surface area (Å²) < 4.78 is 4.97. The number of hydrogen-bond acceptors (Lipinski definition) is 4. The number of hydrogen-bond donors (Lipinski definition) is 1. The van der Waals surface area contributed by atoms with Gasteiger partial charge >= 0.3 is 5.97 Å². The number of esters is 1. The van der Waals surface area contributed by atoms with Crippen molar-refractivity contribution in [1.82, 2.24) is 0 Å². The Morgan fingerprint density at radius 3 is 2.26 bits per heavy atom. The fraction of sp³-hybridized carbons (Fsp3) is 0.467. The Hall–Kier alpha value is -1.68. The van der Waals surface area contributed by atoms with E-state index in [1.807, 2.05) is 6.07 Å². The monoisotopic (exact) mass is 264 g/mol. The molecule has 0 saturated heterocycles. The quantitative estimate of drug-likeness (QED) is 0.825. The lowest BCUT2D eigenvalue weighted by atomic mass is 9.95. The van der Waals surface area contributed by atoms with Crippen molar-refractivity contribution in [1.29, 1.82) is 0 Å². The molecule has 0 saturated carbocycles. The van der Waals surface area contributed by atoms with Gasteiger partial charge in [0, 0.05) is 0 Å². The molecule has 0 spiro atoms. The van der Waals surface area contributed by atoms with Crippen LogP contribution in [0.25, 0.3) is 0 Å². The number of benzene rings is 1. The Kier molecular flexibility index (Phi) is 5.24. The van der Waals surface area contributed by atoms with Crippen molar-refractivity contribution in [2.24, 2.45) is 5.41 Å². The fourth-order valence-corrected chi connectivity index (χ4v) is 1.53. The molecule has 0 heterocycles. The zero-order valence-electron chi connectivity index (χ0n) is 11.6. The first-order chi connectivity index (χ1) is 8.86. The van der Waals surface area contributed by atoms with Gasteiger partial charge in [-0.05, 0) is 26.3 Å². The van der Waals surface area contributed by atoms with Crippen LogP contribution in [0.1, 0.15) is 32.3 Å². The lowest BCUT2D eigenvalue weighted by Crippen LogP contribution is -2.28. The second-order valence-corrected chi connectivity index (χ2v) is 5.44. The maximum Gasteiger partial charge on any atom is 0.311 e. The SMILES string of the molecule is CC(C)(C)C(=O)OCC(=O)C(CO)c1ccccc1. The Bertz CT molecular complexity index is 431. The minimum Gasteiger partial charge on any atom is -0.457 e. The molecule has 1 unspecified atom stereocenters. The van der Waals surface area contributed by atoms with Gasteiger partial charge in [0.1, 0.15) is 0 Å². The van der Waals surface area contributed by atoms with Crippen molar-refractivity contribution < 1.29 is 19.4 Å². The van der Waals surface area contributed by atoms with Crippen molar-refractivity contribution in [3.8, 4) is 0 Å². The predicted octanol–water partition coefficient (Wildman–Crippen LogP) is 1.92. The highest BCUT2D eigenvalue weighted by molar-refractivity contribution is 5.89. The smallest absolute Gasteiger partial charge is 0.311 e. The van der Waals surface area contributed by atoms with Crippen LogP contribution >= 0.6 is 0 Å². The van der Waals surface area contributed by atoms with E-state index in [1.165, 1.54) is 0 Å². The minimum atomic E-state index is -0.644. The number of Topliss-reactive ketones (excluding diaryl/α,β-unsaturated/α-hetero) is 1. The van der Waals surface area contributed by atoms with Gasteiger partial charge in [-0.15, -0.1) is 0 Å². The molecule has 19 heavy (non-hydrogen) atoms. The van der Waals surface area contributed by atoms with Crippen LogP contribution in [0.2, 0.25) is 0 Å². The summed E-state index contributed by atoms with van der Waals surface area (Å²) in [5.74, 6) is -1.37. The van der Waals surface area contributed by atoms with Gasteiger partial charge in [-0.25, -0.2) is 0 Å². The molecule has 0 aliphatic heterocycles. The van der Waals surface area contributed by atoms with Gasteiger partial charge in [0.05, 0.1) is 17.9 Å². The molecular formula is C15H20O4. The molecule has 4 heteroatoms. The van der Waals surface area contributed by atoms with Crippen molar-refractivity contribution in [3.05, 3.63) is 35.9 Å². The molecule has 104 valence electrons. The average Bonchev–Trinajstić information content (AvgIpc) is 2.37. The Morgan fingerprint density at radius 1 is 1.21 bits per heavy atom. The van der Waals surface area contributed by atoms with E-state index in [1.54, 1.807) is 45.0 Å². The topological polar surface area (TPSA) is 63.6 Å². The van der Waals surface area contributed by atoms with Crippen LogP contribution in [0.15, 0.2) is 30.3 Å². The number of ketones is 1. The molecule has 0 fully saturated rings. The molecular weight excluding hydrogens is 244 g/mol. The van der Waals surface area contributed by atoms with E-state index in [9.17, 15) is 14.7 Å². The van der Waals surface area contributed by atoms with Gasteiger partial charge in [-0.3, -0.25) is 9.59 Å². The van der Waals surface area contributed by atoms with Gasteiger partial charge < -0.3 is 9.84 Å². The number of ether oxygens (including phenoxy) is 1. The van der Waals surface area contributed by atoms with E-state index in [4.69, 9.17) is 4.74 Å². The van der Waals surface area contributed by atoms with Crippen LogP contribution in [0.3, 0.4) is 0 Å². The van der Waals surface area contributed by atoms with Gasteiger partial charge in [0.15, 0.2) is 12.4 Å². The van der Waals surface area contributed by atoms with Crippen LogP contribution in [-0.2, 0) is 14.3 Å². The predicted molar refractivity (Wildman–Crippen MR) is 71.7 cm³/mol. The number of aliphatic hydroxyl groups excluding tert-OH is 1. The molecule has 1 atom stereocenters. The molecule has 0 aromatic heterocycles. The Balaban J connectivity index is 2.64. The van der Waals surface area contributed by atoms with Crippen molar-refractivity contribution >= 4 is 11.8 Å². The van der Waals surface area contributed by atoms with E-state index in [0.717, 1.165) is 5.56 Å². The molecule has 0 amide bonds. The molecule has 4 nitrogen and oxygen atoms in total. The second-order valence-electron chi connectivity index (χ2n) is 5.44. The Labute approximate surface area is 113 Å². The third-order valence-corrected chi connectivity index (χ3v) is 2.73. The summed E-state index contributed by atoms with van der Waals surface area (Å²) in [6.45, 7) is 4.56. The van der Waals surface area contributed by atoms with Crippen LogP contribution in [0.4, 0.5) is 0 Å². The third-order valence-electron chi connectivity index (χ3n) is 2.73. The van der Waals surface area contributed by atoms with Gasteiger partial charge in [0.25, 0.3) is 0 Å². The minimum absolute atomic E-state index is 0.296. The highest BCUT2D eigenvalue weighted by Crippen LogP contribution is 2.18. The van der Waals surface area contributed by atoms with Gasteiger partial charge in [-0.2, -0.15) is 0 Å². The molecule has 1 N–H and O–H groups in total. The molecule has 0 aliphatic rings. The van der Waals surface area contributed by atoms with Crippen molar-refractivity contribution in [3.63, 3.8) is 0 Å². The molecule has 1 aromatic rings. The van der Waals surface area contributed by atoms with Crippen LogP contribution in [-0.4, -0.2) is 30.1 Å². The first-order valence-corrected chi connectivity index (χ1v) is 6.22. The number of rotatable bonds is 5. The molecule has 0 bridgehead atoms. The molecule has 1 rings (SSSR count). The summed E-state index contributed by atoms with van der Waals surface area (Å²) in [5, 5.41) is 9.31. The summed E-state index contributed by atoms with van der Waals surface area (Å²) >= 11 is 0. The largest absolute Gasteiger partial charge is 0.457 e. The van der Waals surface area contributed by atoms with Gasteiger partial charge in [0.2, 0.25) is 0 Å². The summed E-state index contributed by atoms with van der Waals surface area (Å²) in [4.78, 5) is 23.5. The molecule has 0 radical (unpaired) electrons. The first-order valence-electron chi connectivity index (χ1n) is 6.22. The van der Waals surface area contributed by atoms with E-state index in [0.29, 0.717) is 0 Å². The standard InChI is InChI=1S/C15H20O4/c1-15(2,3)14(18)19-10-13(17)12(9-16)11-7-5-4-6-8-11/h4-8,12,16H,9-10H2,1-3H3. The van der Waals surface area contributed by atoms with Gasteiger partial charge in [-0.1, -0.05) is 30.3 Å². The fourth-order valence-electron chi connectivity index (χ4n) is 1.53. The summed E-state index contributed by atoms with van der Waals surface area (Å²) in [5.41, 5.74) is 0.0867. The summed E-state index contributed by atoms with van der Waals surface area (Å²) in [6, 6.07) is 8.97. The molecule has 1 aromatic carbocycles. The third kappa shape index (κ3) is 4.48. The van der Waals surface area contributed by atoms with E-state index in [-0.39, 0.29) is 19.0 Å². The lowest BCUT2D eigenvalue weighted by molar-refractivity contribution is -0.156. The molecule has 0 aliphatic carbocycles. The summed E-state index contributed by atoms with van der Waals surface area (Å²) in [6.07, 6.45) is 0. The zero-order valence-corrected chi connectivity index (χ0v) is 11.6. The van der Waals surface area contributed by atoms with Crippen LogP contribution in [0, 0.1) is 5.41 Å². The maximum absolute atomic E-state index is 12.0. The van der Waals surface area contributed by atoms with Crippen LogP contribution < -0.4 is 0 Å². The van der Waals surface area contributed by atoms with Crippen LogP contribution in [0.5, 0.6) is 0 Å².